The van der Waals surface area contributed by atoms with Gasteiger partial charge >= 0.3 is 0 Å². The van der Waals surface area contributed by atoms with Gasteiger partial charge in [0, 0.05) is 50.0 Å². The number of fused-ring (bicyclic) bond motifs is 4. The molecule has 7 aromatic rings. The van der Waals surface area contributed by atoms with E-state index in [0.29, 0.717) is 17.1 Å². The van der Waals surface area contributed by atoms with Crippen molar-refractivity contribution in [3.8, 4) is 34.3 Å². The number of benzene rings is 4. The summed E-state index contributed by atoms with van der Waals surface area (Å²) in [7, 11) is 0. The van der Waals surface area contributed by atoms with Crippen molar-refractivity contribution in [2.45, 2.75) is 20.8 Å². The maximum atomic E-state index is 10.7. The molecule has 0 aliphatic carbocycles. The van der Waals surface area contributed by atoms with Gasteiger partial charge in [-0.05, 0) is 67.1 Å². The minimum Gasteiger partial charge on any atom is -0.506 e. The smallest absolute Gasteiger partial charge is 0.217 e. The number of aromatic nitrogens is 3. The van der Waals surface area contributed by atoms with Gasteiger partial charge in [0.05, 0.1) is 0 Å². The SMILES string of the molecule is Cc1cc(C)cc(-c2cc(Oc3[c-]c4c(cc3)c3ccccc3n4-c3cc(C)ccn3)nc3c(O)cccc23)c1.[Pt]. The number of hydrogen-bond acceptors (Lipinski definition) is 4. The Balaban J connectivity index is 0.00000302. The number of pyridine rings is 2. The number of ether oxygens (including phenoxy) is 1. The Morgan fingerprint density at radius 1 is 0.756 bits per heavy atom. The van der Waals surface area contributed by atoms with Crippen LogP contribution in [-0.4, -0.2) is 19.6 Å². The standard InChI is InChI=1S/C35H26N3O2.Pt/c1-21-13-14-36-33(18-21)38-30-9-5-4-7-26(30)27-12-11-25(19-31(27)38)40-34-20-29(24-16-22(2)15-23(3)17-24)28-8-6-10-32(39)35(28)37-34;/h4-18,20,39H,1-3H3;/q-1;. The quantitative estimate of drug-likeness (QED) is 0.186. The first-order valence-electron chi connectivity index (χ1n) is 13.2. The first kappa shape index (κ1) is 26.7. The summed E-state index contributed by atoms with van der Waals surface area (Å²) in [6.45, 7) is 6.23. The number of para-hydroxylation sites is 2. The van der Waals surface area contributed by atoms with Gasteiger partial charge < -0.3 is 14.4 Å². The summed E-state index contributed by atoms with van der Waals surface area (Å²) in [5, 5.41) is 13.8. The summed E-state index contributed by atoms with van der Waals surface area (Å²) in [5.41, 5.74) is 7.87. The Hall–Kier alpha value is -4.47. The van der Waals surface area contributed by atoms with E-state index in [1.807, 2.05) is 48.7 Å². The van der Waals surface area contributed by atoms with Gasteiger partial charge in [0.25, 0.3) is 0 Å². The molecular weight excluding hydrogens is 689 g/mol. The summed E-state index contributed by atoms with van der Waals surface area (Å²) in [4.78, 5) is 9.37. The van der Waals surface area contributed by atoms with E-state index < -0.39 is 0 Å². The van der Waals surface area contributed by atoms with Crippen LogP contribution in [0, 0.1) is 26.8 Å². The molecule has 0 aliphatic rings. The van der Waals surface area contributed by atoms with Crippen LogP contribution in [0.5, 0.6) is 17.4 Å². The van der Waals surface area contributed by atoms with Crippen molar-refractivity contribution in [1.29, 1.82) is 0 Å². The zero-order valence-corrected chi connectivity index (χ0v) is 25.0. The van der Waals surface area contributed by atoms with Gasteiger partial charge in [-0.2, -0.15) is 6.07 Å². The Morgan fingerprint density at radius 3 is 2.34 bits per heavy atom. The van der Waals surface area contributed by atoms with Gasteiger partial charge in [-0.15, -0.1) is 17.5 Å². The summed E-state index contributed by atoms with van der Waals surface area (Å²) in [6.07, 6.45) is 1.83. The summed E-state index contributed by atoms with van der Waals surface area (Å²) in [6, 6.07) is 33.6. The monoisotopic (exact) mass is 715 g/mol. The molecule has 0 aliphatic heterocycles. The van der Waals surface area contributed by atoms with Crippen molar-refractivity contribution in [3.05, 3.63) is 120 Å². The van der Waals surface area contributed by atoms with Crippen molar-refractivity contribution in [3.63, 3.8) is 0 Å². The van der Waals surface area contributed by atoms with Crippen molar-refractivity contribution < 1.29 is 30.9 Å². The first-order valence-corrected chi connectivity index (χ1v) is 13.2. The Labute approximate surface area is 252 Å². The van der Waals surface area contributed by atoms with Crippen LogP contribution in [0.25, 0.3) is 49.7 Å². The van der Waals surface area contributed by atoms with Gasteiger partial charge in [0.2, 0.25) is 5.88 Å². The Kier molecular flexibility index (Phi) is 6.84. The number of aryl methyl sites for hydroxylation is 3. The Morgan fingerprint density at radius 2 is 1.54 bits per heavy atom. The van der Waals surface area contributed by atoms with Crippen LogP contribution < -0.4 is 4.74 Å². The fraction of sp³-hybridized carbons (Fsp3) is 0.0857. The van der Waals surface area contributed by atoms with E-state index in [2.05, 4.69) is 78.9 Å². The molecule has 6 heteroatoms. The maximum Gasteiger partial charge on any atom is 0.217 e. The maximum absolute atomic E-state index is 10.7. The molecule has 0 saturated heterocycles. The van der Waals surface area contributed by atoms with Crippen LogP contribution in [0.3, 0.4) is 0 Å². The molecule has 41 heavy (non-hydrogen) atoms. The average Bonchev–Trinajstić information content (AvgIpc) is 3.26. The molecule has 0 saturated carbocycles. The number of hydrogen-bond donors (Lipinski definition) is 1. The molecule has 0 radical (unpaired) electrons. The second-order valence-corrected chi connectivity index (χ2v) is 10.3. The number of rotatable bonds is 4. The fourth-order valence-corrected chi connectivity index (χ4v) is 5.56. The van der Waals surface area contributed by atoms with Crippen molar-refractivity contribution in [1.82, 2.24) is 14.5 Å². The van der Waals surface area contributed by atoms with Gasteiger partial charge in [0.1, 0.15) is 17.1 Å². The molecule has 0 bridgehead atoms. The summed E-state index contributed by atoms with van der Waals surface area (Å²) < 4.78 is 8.49. The van der Waals surface area contributed by atoms with Gasteiger partial charge in [-0.3, -0.25) is 0 Å². The predicted molar refractivity (Wildman–Crippen MR) is 161 cm³/mol. The van der Waals surface area contributed by atoms with Crippen LogP contribution in [-0.2, 0) is 21.1 Å². The van der Waals surface area contributed by atoms with Crippen molar-refractivity contribution >= 4 is 32.7 Å². The van der Waals surface area contributed by atoms with Gasteiger partial charge in [-0.25, -0.2) is 9.97 Å². The second kappa shape index (κ2) is 10.5. The molecule has 0 fully saturated rings. The number of phenolic OH excluding ortho intramolecular Hbond substituents is 1. The third-order valence-electron chi connectivity index (χ3n) is 7.23. The van der Waals surface area contributed by atoms with Gasteiger partial charge in [-0.1, -0.05) is 65.2 Å². The van der Waals surface area contributed by atoms with E-state index >= 15 is 0 Å². The van der Waals surface area contributed by atoms with E-state index in [1.54, 1.807) is 6.07 Å². The van der Waals surface area contributed by atoms with Crippen LogP contribution in [0.1, 0.15) is 16.7 Å². The molecule has 1 N–H and O–H groups in total. The normalized spacial score (nSPS) is 11.2. The summed E-state index contributed by atoms with van der Waals surface area (Å²) in [5.74, 6) is 1.84. The minimum atomic E-state index is 0. The van der Waals surface area contributed by atoms with Crippen LogP contribution in [0.2, 0.25) is 0 Å². The van der Waals surface area contributed by atoms with E-state index in [4.69, 9.17) is 9.72 Å². The molecule has 7 rings (SSSR count). The molecule has 0 unspecified atom stereocenters. The number of nitrogens with zero attached hydrogens (tertiary/aromatic N) is 3. The summed E-state index contributed by atoms with van der Waals surface area (Å²) >= 11 is 0. The van der Waals surface area contributed by atoms with Crippen LogP contribution in [0.15, 0.2) is 97.2 Å². The molecule has 204 valence electrons. The number of aromatic hydroxyl groups is 1. The largest absolute Gasteiger partial charge is 0.506 e. The molecule has 3 aromatic heterocycles. The first-order chi connectivity index (χ1) is 19.4. The third-order valence-corrected chi connectivity index (χ3v) is 7.23. The molecular formula is C35H26N3O2Pt-. The van der Waals surface area contributed by atoms with E-state index in [9.17, 15) is 5.11 Å². The van der Waals surface area contributed by atoms with E-state index in [0.717, 1.165) is 49.7 Å². The molecule has 4 aromatic carbocycles. The topological polar surface area (TPSA) is 60.2 Å². The fourth-order valence-electron chi connectivity index (χ4n) is 5.56. The van der Waals surface area contributed by atoms with Gasteiger partial charge in [0.15, 0.2) is 0 Å². The molecule has 0 spiro atoms. The average molecular weight is 716 g/mol. The van der Waals surface area contributed by atoms with E-state index in [-0.39, 0.29) is 26.8 Å². The second-order valence-electron chi connectivity index (χ2n) is 10.3. The molecule has 0 amide bonds. The van der Waals surface area contributed by atoms with Crippen molar-refractivity contribution in [2.24, 2.45) is 0 Å². The molecule has 5 nitrogen and oxygen atoms in total. The third kappa shape index (κ3) is 4.77. The Bertz CT molecular complexity index is 2080. The predicted octanol–water partition coefficient (Wildman–Crippen LogP) is 8.61. The molecule has 0 atom stereocenters. The van der Waals surface area contributed by atoms with Crippen LogP contribution in [0.4, 0.5) is 0 Å². The van der Waals surface area contributed by atoms with Crippen LogP contribution >= 0.6 is 0 Å². The minimum absolute atomic E-state index is 0. The molecule has 3 heterocycles. The zero-order valence-electron chi connectivity index (χ0n) is 22.8. The van der Waals surface area contributed by atoms with Crippen molar-refractivity contribution in [2.75, 3.05) is 0 Å². The zero-order chi connectivity index (χ0) is 27.4. The number of phenols is 1. The van der Waals surface area contributed by atoms with E-state index in [1.165, 1.54) is 11.1 Å².